The summed E-state index contributed by atoms with van der Waals surface area (Å²) in [4.78, 5) is 0. The molecule has 15 heavy (non-hydrogen) atoms. The van der Waals surface area contributed by atoms with Crippen molar-refractivity contribution in [3.63, 3.8) is 0 Å². The van der Waals surface area contributed by atoms with Gasteiger partial charge in [-0.2, -0.15) is 5.10 Å². The summed E-state index contributed by atoms with van der Waals surface area (Å²) in [6.07, 6.45) is -0.797. The highest BCUT2D eigenvalue weighted by Crippen LogP contribution is 2.19. The van der Waals surface area contributed by atoms with Crippen LogP contribution in [0.15, 0.2) is 30.5 Å². The first-order valence-corrected chi connectivity index (χ1v) is 4.50. The Balaban J connectivity index is 2.34. The lowest BCUT2D eigenvalue weighted by Gasteiger charge is -2.06. The molecule has 0 atom stereocenters. The first-order valence-electron chi connectivity index (χ1n) is 4.50. The number of benzene rings is 1. The van der Waals surface area contributed by atoms with Crippen LogP contribution in [0, 0.1) is 0 Å². The lowest BCUT2D eigenvalue weighted by atomic mass is 10.2. The quantitative estimate of drug-likeness (QED) is 0.842. The zero-order valence-electron chi connectivity index (χ0n) is 7.82. The van der Waals surface area contributed by atoms with Crippen molar-refractivity contribution in [1.82, 2.24) is 10.2 Å². The average Bonchev–Trinajstić information content (AvgIpc) is 2.26. The molecule has 0 fully saturated rings. The van der Waals surface area contributed by atoms with Gasteiger partial charge in [-0.15, -0.1) is 5.10 Å². The number of rotatable bonds is 3. The molecule has 0 radical (unpaired) electrons. The molecule has 0 saturated carbocycles. The third-order valence-corrected chi connectivity index (χ3v) is 1.99. The average molecular weight is 209 g/mol. The van der Waals surface area contributed by atoms with Gasteiger partial charge in [-0.1, -0.05) is 24.3 Å². The maximum atomic E-state index is 12.0. The number of aromatic nitrogens is 2. The van der Waals surface area contributed by atoms with E-state index in [-0.39, 0.29) is 0 Å². The Kier molecular flexibility index (Phi) is 2.71. The van der Waals surface area contributed by atoms with Crippen molar-refractivity contribution in [2.75, 3.05) is 11.9 Å². The van der Waals surface area contributed by atoms with Crippen LogP contribution < -0.4 is 5.32 Å². The van der Waals surface area contributed by atoms with Gasteiger partial charge >= 0.3 is 0 Å². The molecule has 1 N–H and O–H groups in total. The molecule has 0 unspecified atom stereocenters. The number of hydrogen-bond donors (Lipinski definition) is 1. The van der Waals surface area contributed by atoms with Gasteiger partial charge in [0.1, 0.15) is 0 Å². The van der Waals surface area contributed by atoms with Gasteiger partial charge in [-0.05, 0) is 0 Å². The van der Waals surface area contributed by atoms with Gasteiger partial charge in [0.15, 0.2) is 5.82 Å². The van der Waals surface area contributed by atoms with E-state index in [2.05, 4.69) is 15.5 Å². The number of alkyl halides is 2. The maximum Gasteiger partial charge on any atom is 0.255 e. The number of nitrogens with zero attached hydrogens (tertiary/aromatic N) is 2. The maximum absolute atomic E-state index is 12.0. The minimum atomic E-state index is -2.40. The Bertz CT molecular complexity index is 454. The van der Waals surface area contributed by atoms with Crippen LogP contribution in [0.2, 0.25) is 0 Å². The molecule has 78 valence electrons. The fourth-order valence-corrected chi connectivity index (χ4v) is 1.33. The van der Waals surface area contributed by atoms with Crippen molar-refractivity contribution in [3.05, 3.63) is 30.5 Å². The van der Waals surface area contributed by atoms with E-state index in [1.165, 1.54) is 0 Å². The number of fused-ring (bicyclic) bond motifs is 1. The second-order valence-electron chi connectivity index (χ2n) is 3.05. The summed E-state index contributed by atoms with van der Waals surface area (Å²) in [6.45, 7) is -0.414. The van der Waals surface area contributed by atoms with Crippen LogP contribution in [0.25, 0.3) is 10.8 Å². The van der Waals surface area contributed by atoms with Crippen LogP contribution in [0.3, 0.4) is 0 Å². The molecule has 0 aliphatic heterocycles. The van der Waals surface area contributed by atoms with Crippen molar-refractivity contribution in [1.29, 1.82) is 0 Å². The molecule has 1 aromatic heterocycles. The van der Waals surface area contributed by atoms with E-state index in [4.69, 9.17) is 0 Å². The minimum Gasteiger partial charge on any atom is -0.362 e. The second kappa shape index (κ2) is 4.16. The second-order valence-corrected chi connectivity index (χ2v) is 3.05. The van der Waals surface area contributed by atoms with Crippen molar-refractivity contribution < 1.29 is 8.78 Å². The molecule has 1 heterocycles. The van der Waals surface area contributed by atoms with Gasteiger partial charge in [0, 0.05) is 10.8 Å². The Hall–Kier alpha value is -1.78. The topological polar surface area (TPSA) is 37.8 Å². The molecule has 3 nitrogen and oxygen atoms in total. The van der Waals surface area contributed by atoms with Gasteiger partial charge in [0.25, 0.3) is 6.43 Å². The van der Waals surface area contributed by atoms with Gasteiger partial charge < -0.3 is 5.32 Å². The Morgan fingerprint density at radius 1 is 1.27 bits per heavy atom. The smallest absolute Gasteiger partial charge is 0.255 e. The monoisotopic (exact) mass is 209 g/mol. The molecule has 0 aliphatic rings. The molecule has 0 saturated heterocycles. The summed E-state index contributed by atoms with van der Waals surface area (Å²) in [5.74, 6) is 0.397. The van der Waals surface area contributed by atoms with E-state index in [1.807, 2.05) is 24.3 Å². The number of nitrogens with one attached hydrogen (secondary N) is 1. The molecule has 1 aromatic carbocycles. The normalized spacial score (nSPS) is 10.9. The van der Waals surface area contributed by atoms with E-state index in [9.17, 15) is 8.78 Å². The zero-order chi connectivity index (χ0) is 10.7. The first kappa shape index (κ1) is 9.76. The summed E-state index contributed by atoms with van der Waals surface area (Å²) in [5.41, 5.74) is 0. The molecule has 0 amide bonds. The van der Waals surface area contributed by atoms with Crippen molar-refractivity contribution in [2.24, 2.45) is 0 Å². The van der Waals surface area contributed by atoms with E-state index < -0.39 is 13.0 Å². The van der Waals surface area contributed by atoms with Crippen LogP contribution in [-0.2, 0) is 0 Å². The van der Waals surface area contributed by atoms with Crippen molar-refractivity contribution in [3.8, 4) is 0 Å². The van der Waals surface area contributed by atoms with Crippen LogP contribution in [0.1, 0.15) is 0 Å². The standard InChI is InChI=1S/C10H9F2N3/c11-9(12)6-13-10-8-4-2-1-3-7(8)5-14-15-10/h1-5,9H,6H2,(H,13,15). The van der Waals surface area contributed by atoms with Gasteiger partial charge in [-0.25, -0.2) is 8.78 Å². The molecular formula is C10H9F2N3. The predicted molar refractivity (Wildman–Crippen MR) is 54.0 cm³/mol. The molecular weight excluding hydrogens is 200 g/mol. The Morgan fingerprint density at radius 3 is 2.87 bits per heavy atom. The molecule has 0 bridgehead atoms. The fraction of sp³-hybridized carbons (Fsp3) is 0.200. The summed E-state index contributed by atoms with van der Waals surface area (Å²) < 4.78 is 24.0. The van der Waals surface area contributed by atoms with E-state index in [1.54, 1.807) is 6.20 Å². The van der Waals surface area contributed by atoms with E-state index in [0.717, 1.165) is 10.8 Å². The Morgan fingerprint density at radius 2 is 2.07 bits per heavy atom. The van der Waals surface area contributed by atoms with Gasteiger partial charge in [-0.3, -0.25) is 0 Å². The lowest BCUT2D eigenvalue weighted by Crippen LogP contribution is -2.11. The summed E-state index contributed by atoms with van der Waals surface area (Å²) in [7, 11) is 0. The number of hydrogen-bond acceptors (Lipinski definition) is 3. The van der Waals surface area contributed by atoms with Gasteiger partial charge in [0.05, 0.1) is 12.7 Å². The van der Waals surface area contributed by atoms with Crippen molar-refractivity contribution >= 4 is 16.6 Å². The van der Waals surface area contributed by atoms with Crippen LogP contribution in [0.5, 0.6) is 0 Å². The van der Waals surface area contributed by atoms with Gasteiger partial charge in [0.2, 0.25) is 0 Å². The SMILES string of the molecule is FC(F)CNc1nncc2ccccc12. The third-order valence-electron chi connectivity index (χ3n) is 1.99. The largest absolute Gasteiger partial charge is 0.362 e. The molecule has 2 rings (SSSR count). The molecule has 2 aromatic rings. The van der Waals surface area contributed by atoms with E-state index >= 15 is 0 Å². The molecule has 0 spiro atoms. The van der Waals surface area contributed by atoms with Crippen LogP contribution in [-0.4, -0.2) is 23.2 Å². The third kappa shape index (κ3) is 2.18. The summed E-state index contributed by atoms with van der Waals surface area (Å²) in [5, 5.41) is 11.8. The summed E-state index contributed by atoms with van der Waals surface area (Å²) >= 11 is 0. The number of anilines is 1. The highest BCUT2D eigenvalue weighted by Gasteiger charge is 2.05. The number of halogens is 2. The fourth-order valence-electron chi connectivity index (χ4n) is 1.33. The lowest BCUT2D eigenvalue weighted by molar-refractivity contribution is 0.163. The highest BCUT2D eigenvalue weighted by molar-refractivity contribution is 5.90. The van der Waals surface area contributed by atoms with Crippen LogP contribution >= 0.6 is 0 Å². The Labute approximate surface area is 85.1 Å². The predicted octanol–water partition coefficient (Wildman–Crippen LogP) is 2.31. The van der Waals surface area contributed by atoms with E-state index in [0.29, 0.717) is 5.82 Å². The van der Waals surface area contributed by atoms with Crippen LogP contribution in [0.4, 0.5) is 14.6 Å². The first-order chi connectivity index (χ1) is 7.27. The molecule has 0 aliphatic carbocycles. The zero-order valence-corrected chi connectivity index (χ0v) is 7.82. The van der Waals surface area contributed by atoms with Crippen molar-refractivity contribution in [2.45, 2.75) is 6.43 Å². The minimum absolute atomic E-state index is 0.397. The summed E-state index contributed by atoms with van der Waals surface area (Å²) in [6, 6.07) is 7.37. The molecule has 5 heteroatoms. The highest BCUT2D eigenvalue weighted by atomic mass is 19.3.